The molecule has 0 aromatic rings. The average molecular weight is 182 g/mol. The van der Waals surface area contributed by atoms with Crippen molar-refractivity contribution in [1.29, 1.82) is 0 Å². The largest absolute Gasteiger partial charge is 0.348 e. The lowest BCUT2D eigenvalue weighted by molar-refractivity contribution is -0.118. The quantitative estimate of drug-likeness (QED) is 0.634. The van der Waals surface area contributed by atoms with Crippen LogP contribution < -0.4 is 10.6 Å². The number of nitrogens with one attached hydrogen (secondary N) is 2. The number of allylic oxidation sites excluding steroid dienone is 1. The molecule has 1 atom stereocenters. The van der Waals surface area contributed by atoms with Gasteiger partial charge in [-0.3, -0.25) is 4.79 Å². The summed E-state index contributed by atoms with van der Waals surface area (Å²) in [5.74, 6) is 0.0792. The minimum absolute atomic E-state index is 0.0792. The molecule has 13 heavy (non-hydrogen) atoms. The van der Waals surface area contributed by atoms with E-state index in [1.165, 1.54) is 0 Å². The summed E-state index contributed by atoms with van der Waals surface area (Å²) in [5, 5.41) is 6.21. The van der Waals surface area contributed by atoms with E-state index in [1.807, 2.05) is 19.9 Å². The second-order valence-electron chi connectivity index (χ2n) is 3.46. The van der Waals surface area contributed by atoms with Gasteiger partial charge in [-0.15, -0.1) is 0 Å². The first kappa shape index (κ1) is 10.3. The fourth-order valence-electron chi connectivity index (χ4n) is 1.48. The van der Waals surface area contributed by atoms with Crippen molar-refractivity contribution >= 4 is 5.91 Å². The maximum atomic E-state index is 11.5. The van der Waals surface area contributed by atoms with Crippen molar-refractivity contribution in [2.45, 2.75) is 32.7 Å². The van der Waals surface area contributed by atoms with Crippen LogP contribution in [0.15, 0.2) is 11.6 Å². The van der Waals surface area contributed by atoms with E-state index in [4.69, 9.17) is 0 Å². The van der Waals surface area contributed by atoms with Gasteiger partial charge in [0.1, 0.15) is 0 Å². The van der Waals surface area contributed by atoms with Gasteiger partial charge in [0.05, 0.1) is 0 Å². The lowest BCUT2D eigenvalue weighted by atomic mass is 10.2. The van der Waals surface area contributed by atoms with Crippen LogP contribution in [0.2, 0.25) is 0 Å². The van der Waals surface area contributed by atoms with Gasteiger partial charge < -0.3 is 10.6 Å². The molecule has 74 valence electrons. The van der Waals surface area contributed by atoms with E-state index < -0.39 is 0 Å². The van der Waals surface area contributed by atoms with Crippen LogP contribution in [0.25, 0.3) is 0 Å². The van der Waals surface area contributed by atoms with Crippen molar-refractivity contribution in [3.05, 3.63) is 11.6 Å². The zero-order valence-corrected chi connectivity index (χ0v) is 8.39. The molecule has 3 heteroatoms. The third-order valence-corrected chi connectivity index (χ3v) is 2.26. The van der Waals surface area contributed by atoms with Crippen LogP contribution >= 0.6 is 0 Å². The minimum Gasteiger partial charge on any atom is -0.348 e. The van der Waals surface area contributed by atoms with Crippen LogP contribution in [0.5, 0.6) is 0 Å². The number of hydrogen-bond acceptors (Lipinski definition) is 2. The summed E-state index contributed by atoms with van der Waals surface area (Å²) >= 11 is 0. The molecule has 1 rings (SSSR count). The smallest absolute Gasteiger partial charge is 0.246 e. The maximum absolute atomic E-state index is 11.5. The van der Waals surface area contributed by atoms with Gasteiger partial charge in [0.25, 0.3) is 0 Å². The van der Waals surface area contributed by atoms with Crippen molar-refractivity contribution in [2.75, 3.05) is 13.1 Å². The number of rotatable bonds is 3. The molecule has 0 bridgehead atoms. The average Bonchev–Trinajstić information content (AvgIpc) is 2.57. The molecule has 1 fully saturated rings. The Labute approximate surface area is 79.6 Å². The van der Waals surface area contributed by atoms with Crippen molar-refractivity contribution in [1.82, 2.24) is 10.6 Å². The Balaban J connectivity index is 2.35. The van der Waals surface area contributed by atoms with Crippen LogP contribution in [-0.2, 0) is 4.79 Å². The van der Waals surface area contributed by atoms with Crippen LogP contribution in [0.1, 0.15) is 26.7 Å². The molecule has 1 unspecified atom stereocenters. The molecule has 2 N–H and O–H groups in total. The third-order valence-electron chi connectivity index (χ3n) is 2.26. The summed E-state index contributed by atoms with van der Waals surface area (Å²) < 4.78 is 0. The molecule has 1 saturated heterocycles. The Morgan fingerprint density at radius 1 is 1.69 bits per heavy atom. The molecule has 0 aromatic heterocycles. The van der Waals surface area contributed by atoms with Crippen LogP contribution in [0.3, 0.4) is 0 Å². The molecule has 1 heterocycles. The predicted molar refractivity (Wildman–Crippen MR) is 53.5 cm³/mol. The fourth-order valence-corrected chi connectivity index (χ4v) is 1.48. The first-order valence-corrected chi connectivity index (χ1v) is 4.92. The lowest BCUT2D eigenvalue weighted by Crippen LogP contribution is -2.36. The zero-order valence-electron chi connectivity index (χ0n) is 8.39. The molecule has 0 aromatic carbocycles. The van der Waals surface area contributed by atoms with Gasteiger partial charge in [0.2, 0.25) is 5.91 Å². The Hall–Kier alpha value is -0.830. The lowest BCUT2D eigenvalue weighted by Gasteiger charge is -2.11. The first-order chi connectivity index (χ1) is 6.24. The minimum atomic E-state index is 0.0792. The van der Waals surface area contributed by atoms with E-state index >= 15 is 0 Å². The van der Waals surface area contributed by atoms with Crippen molar-refractivity contribution in [3.8, 4) is 0 Å². The molecule has 0 radical (unpaired) electrons. The molecule has 0 spiro atoms. The van der Waals surface area contributed by atoms with E-state index in [0.717, 1.165) is 31.5 Å². The van der Waals surface area contributed by atoms with Gasteiger partial charge in [0.15, 0.2) is 0 Å². The van der Waals surface area contributed by atoms with Gasteiger partial charge in [-0.25, -0.2) is 0 Å². The van der Waals surface area contributed by atoms with E-state index in [2.05, 4.69) is 10.6 Å². The van der Waals surface area contributed by atoms with Crippen molar-refractivity contribution in [2.24, 2.45) is 0 Å². The molecule has 3 nitrogen and oxygen atoms in total. The van der Waals surface area contributed by atoms with E-state index in [0.29, 0.717) is 6.04 Å². The maximum Gasteiger partial charge on any atom is 0.246 e. The highest BCUT2D eigenvalue weighted by atomic mass is 16.1. The number of carbonyl (C=O) groups excluding carboxylic acids is 1. The summed E-state index contributed by atoms with van der Waals surface area (Å²) in [4.78, 5) is 11.5. The molecule has 0 saturated carbocycles. The normalized spacial score (nSPS) is 23.2. The molecular weight excluding hydrogens is 164 g/mol. The molecule has 0 aliphatic carbocycles. The zero-order chi connectivity index (χ0) is 9.68. The van der Waals surface area contributed by atoms with Gasteiger partial charge >= 0.3 is 0 Å². The molecule has 1 amide bonds. The van der Waals surface area contributed by atoms with E-state index in [1.54, 1.807) is 0 Å². The van der Waals surface area contributed by atoms with Crippen LogP contribution in [0.4, 0.5) is 0 Å². The van der Waals surface area contributed by atoms with Gasteiger partial charge in [-0.05, 0) is 26.3 Å². The van der Waals surface area contributed by atoms with Crippen LogP contribution in [0, 0.1) is 0 Å². The second-order valence-corrected chi connectivity index (χ2v) is 3.46. The highest BCUT2D eigenvalue weighted by molar-refractivity contribution is 5.92. The summed E-state index contributed by atoms with van der Waals surface area (Å²) in [6, 6.07) is 0.327. The standard InChI is InChI=1S/C10H18N2O/c1-3-4-8(2)10(13)12-9-5-6-11-7-9/h4,9,11H,3,5-7H2,1-2H3,(H,12,13). The molecule has 1 aliphatic heterocycles. The summed E-state index contributed by atoms with van der Waals surface area (Å²) in [6.07, 6.45) is 3.92. The van der Waals surface area contributed by atoms with E-state index in [9.17, 15) is 4.79 Å². The SMILES string of the molecule is CCC=C(C)C(=O)NC1CCNC1. The third kappa shape index (κ3) is 3.19. The highest BCUT2D eigenvalue weighted by Gasteiger charge is 2.16. The topological polar surface area (TPSA) is 41.1 Å². The van der Waals surface area contributed by atoms with Gasteiger partial charge in [-0.2, -0.15) is 0 Å². The number of hydrogen-bond donors (Lipinski definition) is 2. The second kappa shape index (κ2) is 5.02. The predicted octanol–water partition coefficient (Wildman–Crippen LogP) is 0.821. The highest BCUT2D eigenvalue weighted by Crippen LogP contribution is 2.00. The van der Waals surface area contributed by atoms with Gasteiger partial charge in [0, 0.05) is 18.2 Å². The van der Waals surface area contributed by atoms with Crippen molar-refractivity contribution in [3.63, 3.8) is 0 Å². The molecular formula is C10H18N2O. The summed E-state index contributed by atoms with van der Waals surface area (Å²) in [5.41, 5.74) is 0.828. The Kier molecular flexibility index (Phi) is 3.96. The number of carbonyl (C=O) groups is 1. The monoisotopic (exact) mass is 182 g/mol. The Morgan fingerprint density at radius 3 is 3.00 bits per heavy atom. The van der Waals surface area contributed by atoms with Gasteiger partial charge in [-0.1, -0.05) is 13.0 Å². The fraction of sp³-hybridized carbons (Fsp3) is 0.700. The Bertz CT molecular complexity index is 205. The number of amides is 1. The van der Waals surface area contributed by atoms with E-state index in [-0.39, 0.29) is 5.91 Å². The van der Waals surface area contributed by atoms with Crippen molar-refractivity contribution < 1.29 is 4.79 Å². The molecule has 1 aliphatic rings. The van der Waals surface area contributed by atoms with Crippen LogP contribution in [-0.4, -0.2) is 25.0 Å². The summed E-state index contributed by atoms with van der Waals surface area (Å²) in [7, 11) is 0. The summed E-state index contributed by atoms with van der Waals surface area (Å²) in [6.45, 7) is 5.82. The Morgan fingerprint density at radius 2 is 2.46 bits per heavy atom. The first-order valence-electron chi connectivity index (χ1n) is 4.92.